The molecule has 0 fully saturated rings. The lowest BCUT2D eigenvalue weighted by atomic mass is 10.2. The number of rotatable bonds is 7. The fourth-order valence-electron chi connectivity index (χ4n) is 2.68. The summed E-state index contributed by atoms with van der Waals surface area (Å²) >= 11 is 18.2. The van der Waals surface area contributed by atoms with Crippen LogP contribution in [0.5, 0.6) is 5.75 Å². The van der Waals surface area contributed by atoms with Crippen LogP contribution in [0.25, 0.3) is 0 Å². The van der Waals surface area contributed by atoms with Crippen molar-refractivity contribution in [1.82, 2.24) is 24.5 Å². The Morgan fingerprint density at radius 2 is 1.77 bits per heavy atom. The summed E-state index contributed by atoms with van der Waals surface area (Å²) in [6.07, 6.45) is 3.12. The van der Waals surface area contributed by atoms with Gasteiger partial charge in [0.2, 0.25) is 5.95 Å². The zero-order valence-electron chi connectivity index (χ0n) is 15.9. The van der Waals surface area contributed by atoms with Crippen LogP contribution >= 0.6 is 34.8 Å². The maximum atomic E-state index is 12.4. The molecule has 4 aromatic rings. The van der Waals surface area contributed by atoms with Gasteiger partial charge in [-0.3, -0.25) is 10.1 Å². The normalized spacial score (nSPS) is 10.8. The number of carbonyl (C=O) groups is 1. The Balaban J connectivity index is 1.35. The van der Waals surface area contributed by atoms with E-state index in [0.717, 1.165) is 5.56 Å². The molecule has 0 aliphatic heterocycles. The first-order valence-corrected chi connectivity index (χ1v) is 10.2. The molecule has 2 aromatic carbocycles. The molecule has 1 N–H and O–H groups in total. The van der Waals surface area contributed by atoms with Gasteiger partial charge in [-0.25, -0.2) is 14.3 Å². The van der Waals surface area contributed by atoms with E-state index in [-0.39, 0.29) is 18.4 Å². The van der Waals surface area contributed by atoms with Crippen molar-refractivity contribution in [3.8, 4) is 5.75 Å². The number of hydrogen-bond acceptors (Lipinski definition) is 5. The highest BCUT2D eigenvalue weighted by molar-refractivity contribution is 6.42. The maximum absolute atomic E-state index is 12.4. The Bertz CT molecular complexity index is 1220. The van der Waals surface area contributed by atoms with Gasteiger partial charge in [0, 0.05) is 11.2 Å². The summed E-state index contributed by atoms with van der Waals surface area (Å²) in [5, 5.41) is 12.4. The molecule has 1 amide bonds. The minimum atomic E-state index is -0.449. The topological polar surface area (TPSA) is 86.9 Å². The van der Waals surface area contributed by atoms with Crippen molar-refractivity contribution in [2.45, 2.75) is 13.3 Å². The number of anilines is 1. The van der Waals surface area contributed by atoms with Crippen LogP contribution < -0.4 is 10.1 Å². The van der Waals surface area contributed by atoms with Gasteiger partial charge in [-0.1, -0.05) is 59.1 Å². The second-order valence-electron chi connectivity index (χ2n) is 6.38. The smallest absolute Gasteiger partial charge is 0.278 e. The summed E-state index contributed by atoms with van der Waals surface area (Å²) in [7, 11) is 0. The van der Waals surface area contributed by atoms with Gasteiger partial charge in [-0.05, 0) is 29.8 Å². The number of halogens is 3. The zero-order chi connectivity index (χ0) is 21.8. The van der Waals surface area contributed by atoms with E-state index in [0.29, 0.717) is 27.4 Å². The van der Waals surface area contributed by atoms with Crippen LogP contribution in [0, 0.1) is 0 Å². The number of nitrogens with one attached hydrogen (secondary N) is 1. The monoisotopic (exact) mass is 476 g/mol. The quantitative estimate of drug-likeness (QED) is 0.414. The first-order valence-electron chi connectivity index (χ1n) is 9.04. The van der Waals surface area contributed by atoms with E-state index in [4.69, 9.17) is 39.5 Å². The predicted molar refractivity (Wildman–Crippen MR) is 118 cm³/mol. The Morgan fingerprint density at radius 3 is 2.61 bits per heavy atom. The van der Waals surface area contributed by atoms with Crippen molar-refractivity contribution in [1.29, 1.82) is 0 Å². The van der Waals surface area contributed by atoms with Crippen molar-refractivity contribution >= 4 is 46.7 Å². The molecular formula is C20H15Cl3N6O2. The van der Waals surface area contributed by atoms with E-state index in [9.17, 15) is 4.79 Å². The molecule has 8 nitrogen and oxygen atoms in total. The molecule has 0 spiro atoms. The Labute approximate surface area is 192 Å². The molecule has 31 heavy (non-hydrogen) atoms. The highest BCUT2D eigenvalue weighted by Gasteiger charge is 2.13. The lowest BCUT2D eigenvalue weighted by molar-refractivity contribution is 0.101. The van der Waals surface area contributed by atoms with E-state index in [1.54, 1.807) is 41.2 Å². The number of nitrogens with zero attached hydrogens (tertiary/aromatic N) is 5. The first-order chi connectivity index (χ1) is 15.0. The summed E-state index contributed by atoms with van der Waals surface area (Å²) in [6, 6.07) is 14.1. The lowest BCUT2D eigenvalue weighted by Crippen LogP contribution is -2.15. The summed E-state index contributed by atoms with van der Waals surface area (Å²) in [5.41, 5.74) is 1.08. The summed E-state index contributed by atoms with van der Waals surface area (Å²) in [5.74, 6) is 0.132. The molecule has 0 aliphatic rings. The Hall–Kier alpha value is -3.07. The summed E-state index contributed by atoms with van der Waals surface area (Å²) < 4.78 is 8.63. The van der Waals surface area contributed by atoms with Gasteiger partial charge in [0.05, 0.1) is 11.6 Å². The fourth-order valence-corrected chi connectivity index (χ4v) is 3.22. The van der Waals surface area contributed by atoms with Crippen LogP contribution in [0.2, 0.25) is 15.1 Å². The maximum Gasteiger partial charge on any atom is 0.278 e. The number of aromatic nitrogens is 5. The largest absolute Gasteiger partial charge is 0.470 e. The average Bonchev–Trinajstić information content (AvgIpc) is 3.40. The van der Waals surface area contributed by atoms with E-state index < -0.39 is 5.91 Å². The lowest BCUT2D eigenvalue weighted by Gasteiger charge is -2.08. The van der Waals surface area contributed by atoms with Crippen LogP contribution in [-0.2, 0) is 13.3 Å². The molecule has 4 rings (SSSR count). The van der Waals surface area contributed by atoms with E-state index >= 15 is 0 Å². The zero-order valence-corrected chi connectivity index (χ0v) is 18.1. The van der Waals surface area contributed by atoms with Gasteiger partial charge in [-0.2, -0.15) is 5.10 Å². The van der Waals surface area contributed by atoms with Crippen LogP contribution in [-0.4, -0.2) is 30.5 Å². The number of hydrogen-bond donors (Lipinski definition) is 1. The highest BCUT2D eigenvalue weighted by atomic mass is 35.5. The molecule has 0 radical (unpaired) electrons. The van der Waals surface area contributed by atoms with Crippen LogP contribution in [0.15, 0.2) is 61.1 Å². The van der Waals surface area contributed by atoms with Crippen molar-refractivity contribution in [3.63, 3.8) is 0 Å². The van der Waals surface area contributed by atoms with Crippen molar-refractivity contribution in [2.75, 3.05) is 5.32 Å². The Kier molecular flexibility index (Phi) is 6.41. The van der Waals surface area contributed by atoms with Gasteiger partial charge in [0.15, 0.2) is 12.4 Å². The molecule has 0 bridgehead atoms. The van der Waals surface area contributed by atoms with Crippen LogP contribution in [0.3, 0.4) is 0 Å². The van der Waals surface area contributed by atoms with Gasteiger partial charge < -0.3 is 4.74 Å². The van der Waals surface area contributed by atoms with E-state index in [1.165, 1.54) is 11.0 Å². The highest BCUT2D eigenvalue weighted by Crippen LogP contribution is 2.31. The van der Waals surface area contributed by atoms with Crippen LogP contribution in [0.4, 0.5) is 5.95 Å². The van der Waals surface area contributed by atoms with Gasteiger partial charge in [0.1, 0.15) is 17.1 Å². The third-order valence-corrected chi connectivity index (χ3v) is 5.36. The number of carbonyl (C=O) groups excluding carboxylic acids is 1. The summed E-state index contributed by atoms with van der Waals surface area (Å²) in [4.78, 5) is 16.5. The van der Waals surface area contributed by atoms with Crippen molar-refractivity contribution < 1.29 is 9.53 Å². The molecule has 2 heterocycles. The predicted octanol–water partition coefficient (Wildman–Crippen LogP) is 4.77. The van der Waals surface area contributed by atoms with Gasteiger partial charge >= 0.3 is 0 Å². The molecule has 0 aliphatic carbocycles. The van der Waals surface area contributed by atoms with Crippen molar-refractivity contribution in [2.24, 2.45) is 0 Å². The third kappa shape index (κ3) is 5.16. The van der Waals surface area contributed by atoms with Gasteiger partial charge in [-0.15, -0.1) is 5.10 Å². The number of benzene rings is 2. The molecule has 0 unspecified atom stereocenters. The summed E-state index contributed by atoms with van der Waals surface area (Å²) in [6.45, 7) is 0.485. The molecule has 0 saturated heterocycles. The molecule has 158 valence electrons. The van der Waals surface area contributed by atoms with E-state index in [1.807, 2.05) is 18.2 Å². The standard InChI is InChI=1S/C20H15Cl3N6O2/c21-14-5-2-1-4-13(14)10-29-11-24-20(27-29)25-19(30)16-8-9-28(26-16)12-31-17-7-3-6-15(22)18(17)23/h1-9,11H,10,12H2,(H,25,27,30). The number of ether oxygens (including phenoxy) is 1. The molecule has 11 heteroatoms. The number of amides is 1. The average molecular weight is 478 g/mol. The minimum Gasteiger partial charge on any atom is -0.470 e. The van der Waals surface area contributed by atoms with Crippen molar-refractivity contribution in [3.05, 3.63) is 87.4 Å². The SMILES string of the molecule is O=C(Nc1ncn(Cc2ccccc2Cl)n1)c1ccn(COc2cccc(Cl)c2Cl)n1. The molecule has 0 atom stereocenters. The fraction of sp³-hybridized carbons (Fsp3) is 0.100. The molecular weight excluding hydrogens is 463 g/mol. The Morgan fingerprint density at radius 1 is 0.968 bits per heavy atom. The second kappa shape index (κ2) is 9.38. The minimum absolute atomic E-state index is 0.0536. The van der Waals surface area contributed by atoms with Crippen LogP contribution in [0.1, 0.15) is 16.1 Å². The molecule has 2 aromatic heterocycles. The molecule has 0 saturated carbocycles. The second-order valence-corrected chi connectivity index (χ2v) is 7.57. The first kappa shape index (κ1) is 21.2. The third-order valence-electron chi connectivity index (χ3n) is 4.19. The van der Waals surface area contributed by atoms with Gasteiger partial charge in [0.25, 0.3) is 5.91 Å². The van der Waals surface area contributed by atoms with E-state index in [2.05, 4.69) is 20.5 Å².